The summed E-state index contributed by atoms with van der Waals surface area (Å²) < 4.78 is 79.0. The normalized spacial score (nSPS) is 19.8. The van der Waals surface area contributed by atoms with Crippen molar-refractivity contribution in [3.05, 3.63) is 46.5 Å². The van der Waals surface area contributed by atoms with Gasteiger partial charge in [-0.3, -0.25) is 9.69 Å². The summed E-state index contributed by atoms with van der Waals surface area (Å²) in [4.78, 5) is 19.4. The standard InChI is InChI=1S/C24H25F6N3O/c1-3-10-32(2)22-17(5-7-21(34)31-22)13-16-8-11-33(12-9-16)15-18-4-6-19(23(25,26)27)14-20(18)24(28,29)30/h1,4,6,13-14,16H,5,7-12,15H2,2H3. The molecule has 1 saturated heterocycles. The number of piperidine rings is 1. The number of alkyl halides is 6. The third-order valence-corrected chi connectivity index (χ3v) is 6.02. The molecule has 0 saturated carbocycles. The molecule has 2 aliphatic heterocycles. The summed E-state index contributed by atoms with van der Waals surface area (Å²) in [5, 5.41) is 0. The van der Waals surface area contributed by atoms with Gasteiger partial charge in [0, 0.05) is 20.0 Å². The molecule has 0 radical (unpaired) electrons. The Morgan fingerprint density at radius 2 is 1.82 bits per heavy atom. The van der Waals surface area contributed by atoms with E-state index in [1.807, 2.05) is 4.90 Å². The third-order valence-electron chi connectivity index (χ3n) is 6.02. The summed E-state index contributed by atoms with van der Waals surface area (Å²) in [6.07, 6.45) is -0.0872. The number of amidine groups is 1. The van der Waals surface area contributed by atoms with Crippen molar-refractivity contribution in [3.8, 4) is 12.3 Å². The molecule has 0 N–H and O–H groups in total. The van der Waals surface area contributed by atoms with E-state index >= 15 is 0 Å². The van der Waals surface area contributed by atoms with Crippen LogP contribution in [0.2, 0.25) is 0 Å². The summed E-state index contributed by atoms with van der Waals surface area (Å²) in [5.74, 6) is 3.01. The lowest BCUT2D eigenvalue weighted by molar-refractivity contribution is -0.143. The summed E-state index contributed by atoms with van der Waals surface area (Å²) in [7, 11) is 1.76. The van der Waals surface area contributed by atoms with Crippen molar-refractivity contribution in [2.24, 2.45) is 10.9 Å². The predicted octanol–water partition coefficient (Wildman–Crippen LogP) is 5.15. The lowest BCUT2D eigenvalue weighted by Crippen LogP contribution is -2.35. The average molecular weight is 485 g/mol. The van der Waals surface area contributed by atoms with E-state index in [4.69, 9.17) is 6.42 Å². The van der Waals surface area contributed by atoms with Crippen LogP contribution in [-0.4, -0.2) is 48.2 Å². The second-order valence-corrected chi connectivity index (χ2v) is 8.56. The number of carbonyl (C=O) groups is 1. The van der Waals surface area contributed by atoms with E-state index in [1.165, 1.54) is 0 Å². The van der Waals surface area contributed by atoms with E-state index in [0.717, 1.165) is 11.6 Å². The first-order valence-corrected chi connectivity index (χ1v) is 10.9. The van der Waals surface area contributed by atoms with Crippen molar-refractivity contribution in [2.75, 3.05) is 26.7 Å². The van der Waals surface area contributed by atoms with Gasteiger partial charge in [0.25, 0.3) is 0 Å². The Kier molecular flexibility index (Phi) is 7.76. The zero-order chi connectivity index (χ0) is 25.1. The van der Waals surface area contributed by atoms with Gasteiger partial charge >= 0.3 is 12.4 Å². The van der Waals surface area contributed by atoms with E-state index in [2.05, 4.69) is 17.0 Å². The van der Waals surface area contributed by atoms with Crippen LogP contribution in [0.1, 0.15) is 42.4 Å². The molecule has 4 nitrogen and oxygen atoms in total. The lowest BCUT2D eigenvalue weighted by Gasteiger charge is -2.32. The maximum atomic E-state index is 13.4. The SMILES string of the molecule is C#CCN(C)C1=NC(=O)CCC1=CC1CCN(Cc2ccc(C(F)(F)F)cc2C(F)(F)F)CC1. The van der Waals surface area contributed by atoms with E-state index in [9.17, 15) is 31.1 Å². The molecule has 0 aliphatic carbocycles. The molecule has 1 aromatic rings. The summed E-state index contributed by atoms with van der Waals surface area (Å²) in [6.45, 7) is 1.22. The van der Waals surface area contributed by atoms with Crippen LogP contribution in [0.3, 0.4) is 0 Å². The van der Waals surface area contributed by atoms with Crippen LogP contribution < -0.4 is 0 Å². The van der Waals surface area contributed by atoms with Crippen LogP contribution in [0.25, 0.3) is 0 Å². The highest BCUT2D eigenvalue weighted by Gasteiger charge is 2.38. The molecule has 0 aromatic heterocycles. The Bertz CT molecular complexity index is 1010. The molecule has 3 rings (SSSR count). The number of carbonyl (C=O) groups excluding carboxylic acids is 1. The van der Waals surface area contributed by atoms with Crippen molar-refractivity contribution < 1.29 is 31.1 Å². The van der Waals surface area contributed by atoms with Crippen LogP contribution in [-0.2, 0) is 23.7 Å². The van der Waals surface area contributed by atoms with E-state index in [-0.39, 0.29) is 30.0 Å². The van der Waals surface area contributed by atoms with E-state index in [0.29, 0.717) is 57.2 Å². The second-order valence-electron chi connectivity index (χ2n) is 8.56. The van der Waals surface area contributed by atoms with E-state index < -0.39 is 23.5 Å². The second kappa shape index (κ2) is 10.2. The maximum Gasteiger partial charge on any atom is 0.416 e. The van der Waals surface area contributed by atoms with Crippen molar-refractivity contribution in [1.82, 2.24) is 9.80 Å². The minimum absolute atomic E-state index is 0.0810. The van der Waals surface area contributed by atoms with Gasteiger partial charge < -0.3 is 4.90 Å². The smallest absolute Gasteiger partial charge is 0.348 e. The van der Waals surface area contributed by atoms with Crippen LogP contribution in [0, 0.1) is 18.3 Å². The largest absolute Gasteiger partial charge is 0.416 e. The van der Waals surface area contributed by atoms with Gasteiger partial charge in [-0.1, -0.05) is 18.1 Å². The number of likely N-dealkylation sites (N-methyl/N-ethyl adjacent to an activating group) is 1. The number of hydrogen-bond donors (Lipinski definition) is 0. The van der Waals surface area contributed by atoms with Gasteiger partial charge in [0.1, 0.15) is 5.84 Å². The third kappa shape index (κ3) is 6.41. The summed E-state index contributed by atoms with van der Waals surface area (Å²) >= 11 is 0. The maximum absolute atomic E-state index is 13.4. The Balaban J connectivity index is 1.69. The quantitative estimate of drug-likeness (QED) is 0.438. The van der Waals surface area contributed by atoms with Gasteiger partial charge in [0.15, 0.2) is 0 Å². The summed E-state index contributed by atoms with van der Waals surface area (Å²) in [6, 6.07) is 1.80. The monoisotopic (exact) mass is 485 g/mol. The molecular formula is C24H25F6N3O. The number of hydrogen-bond acceptors (Lipinski definition) is 3. The molecule has 2 heterocycles. The van der Waals surface area contributed by atoms with Gasteiger partial charge in [-0.15, -0.1) is 6.42 Å². The molecule has 1 fully saturated rings. The van der Waals surface area contributed by atoms with Crippen molar-refractivity contribution in [2.45, 2.75) is 44.6 Å². The molecule has 0 bridgehead atoms. The lowest BCUT2D eigenvalue weighted by atomic mass is 9.91. The number of nitrogens with zero attached hydrogens (tertiary/aromatic N) is 3. The molecule has 0 atom stereocenters. The number of allylic oxidation sites excluding steroid dienone is 1. The number of amides is 1. The van der Waals surface area contributed by atoms with E-state index in [1.54, 1.807) is 11.9 Å². The molecule has 0 unspecified atom stereocenters. The Hall–Kier alpha value is -2.80. The average Bonchev–Trinajstić information content (AvgIpc) is 2.75. The number of terminal acetylenes is 1. The van der Waals surface area contributed by atoms with Crippen molar-refractivity contribution >= 4 is 11.7 Å². The fourth-order valence-electron chi connectivity index (χ4n) is 4.26. The molecule has 1 amide bonds. The summed E-state index contributed by atoms with van der Waals surface area (Å²) in [5.41, 5.74) is -1.81. The van der Waals surface area contributed by atoms with Crippen LogP contribution >= 0.6 is 0 Å². The van der Waals surface area contributed by atoms with Crippen LogP contribution in [0.5, 0.6) is 0 Å². The first-order valence-electron chi connectivity index (χ1n) is 10.9. The highest BCUT2D eigenvalue weighted by atomic mass is 19.4. The van der Waals surface area contributed by atoms with Gasteiger partial charge in [-0.05, 0) is 61.5 Å². The number of rotatable bonds is 4. The van der Waals surface area contributed by atoms with Gasteiger partial charge in [-0.25, -0.2) is 0 Å². The van der Waals surface area contributed by atoms with Gasteiger partial charge in [0.05, 0.1) is 17.7 Å². The molecule has 10 heteroatoms. The number of likely N-dealkylation sites (tertiary alicyclic amines) is 1. The van der Waals surface area contributed by atoms with Gasteiger partial charge in [-0.2, -0.15) is 31.3 Å². The van der Waals surface area contributed by atoms with Crippen LogP contribution in [0.4, 0.5) is 26.3 Å². The highest BCUT2D eigenvalue weighted by Crippen LogP contribution is 2.38. The van der Waals surface area contributed by atoms with Crippen LogP contribution in [0.15, 0.2) is 34.8 Å². The molecule has 0 spiro atoms. The number of aliphatic imine (C=N–C) groups is 1. The molecular weight excluding hydrogens is 460 g/mol. The zero-order valence-electron chi connectivity index (χ0n) is 18.6. The minimum Gasteiger partial charge on any atom is -0.348 e. The first kappa shape index (κ1) is 25.8. The van der Waals surface area contributed by atoms with Crippen molar-refractivity contribution in [3.63, 3.8) is 0 Å². The Labute approximate surface area is 194 Å². The molecule has 2 aliphatic rings. The topological polar surface area (TPSA) is 35.9 Å². The minimum atomic E-state index is -4.88. The highest BCUT2D eigenvalue weighted by molar-refractivity contribution is 6.07. The van der Waals surface area contributed by atoms with Gasteiger partial charge in [0.2, 0.25) is 5.91 Å². The molecule has 34 heavy (non-hydrogen) atoms. The number of halogens is 6. The first-order chi connectivity index (χ1) is 15.9. The molecule has 1 aromatic carbocycles. The van der Waals surface area contributed by atoms with Crippen molar-refractivity contribution in [1.29, 1.82) is 0 Å². The fourth-order valence-corrected chi connectivity index (χ4v) is 4.26. The molecule has 184 valence electrons. The Morgan fingerprint density at radius 1 is 1.15 bits per heavy atom. The number of benzene rings is 1. The fraction of sp³-hybridized carbons (Fsp3) is 0.500. The Morgan fingerprint density at radius 3 is 2.41 bits per heavy atom. The zero-order valence-corrected chi connectivity index (χ0v) is 18.6. The predicted molar refractivity (Wildman–Crippen MR) is 116 cm³/mol.